The van der Waals surface area contributed by atoms with E-state index in [2.05, 4.69) is 26.5 Å². The number of halogens is 3. The molecule has 0 atom stereocenters. The number of phenols is 1. The summed E-state index contributed by atoms with van der Waals surface area (Å²) in [5, 5.41) is 14.0. The van der Waals surface area contributed by atoms with Gasteiger partial charge in [0.25, 0.3) is 5.91 Å². The third-order valence-electron chi connectivity index (χ3n) is 2.66. The van der Waals surface area contributed by atoms with Crippen molar-refractivity contribution in [3.63, 3.8) is 0 Å². The topological polar surface area (TPSA) is 70.9 Å². The predicted molar refractivity (Wildman–Crippen MR) is 93.5 cm³/mol. The summed E-state index contributed by atoms with van der Waals surface area (Å²) in [6.07, 6.45) is 1.32. The molecule has 5 nitrogen and oxygen atoms in total. The van der Waals surface area contributed by atoms with Crippen LogP contribution >= 0.6 is 39.1 Å². The lowest BCUT2D eigenvalue weighted by molar-refractivity contribution is -0.123. The lowest BCUT2D eigenvalue weighted by atomic mass is 10.2. The molecule has 23 heavy (non-hydrogen) atoms. The van der Waals surface area contributed by atoms with Gasteiger partial charge in [0.2, 0.25) is 0 Å². The minimum absolute atomic E-state index is 0.0492. The first-order valence-corrected chi connectivity index (χ1v) is 7.89. The monoisotopic (exact) mass is 416 g/mol. The van der Waals surface area contributed by atoms with Crippen LogP contribution in [0.5, 0.6) is 11.5 Å². The Morgan fingerprint density at radius 1 is 1.35 bits per heavy atom. The van der Waals surface area contributed by atoms with Gasteiger partial charge in [0, 0.05) is 10.0 Å². The Kier molecular flexibility index (Phi) is 6.27. The van der Waals surface area contributed by atoms with Gasteiger partial charge in [-0.05, 0) is 30.3 Å². The highest BCUT2D eigenvalue weighted by molar-refractivity contribution is 9.10. The molecule has 2 aromatic rings. The summed E-state index contributed by atoms with van der Waals surface area (Å²) in [5.41, 5.74) is 2.74. The molecule has 0 spiro atoms. The molecule has 0 fully saturated rings. The molecule has 2 N–H and O–H groups in total. The van der Waals surface area contributed by atoms with E-state index < -0.39 is 5.91 Å². The van der Waals surface area contributed by atoms with Gasteiger partial charge < -0.3 is 9.84 Å². The maximum absolute atomic E-state index is 11.7. The van der Waals surface area contributed by atoms with Crippen LogP contribution in [0.4, 0.5) is 0 Å². The fourth-order valence-electron chi connectivity index (χ4n) is 1.57. The SMILES string of the molecule is O=C(COc1cccc(Cl)c1Cl)N/N=C\c1cc(Br)ccc1O. The van der Waals surface area contributed by atoms with Crippen molar-refractivity contribution in [1.29, 1.82) is 0 Å². The molecule has 0 aliphatic heterocycles. The number of benzene rings is 2. The van der Waals surface area contributed by atoms with E-state index in [0.29, 0.717) is 16.3 Å². The molecular weight excluding hydrogens is 407 g/mol. The van der Waals surface area contributed by atoms with Crippen LogP contribution in [-0.4, -0.2) is 23.8 Å². The van der Waals surface area contributed by atoms with Gasteiger partial charge in [-0.2, -0.15) is 5.10 Å². The molecule has 2 aromatic carbocycles. The zero-order valence-electron chi connectivity index (χ0n) is 11.6. The minimum atomic E-state index is -0.480. The van der Waals surface area contributed by atoms with E-state index >= 15 is 0 Å². The van der Waals surface area contributed by atoms with Crippen LogP contribution in [0.15, 0.2) is 46.0 Å². The number of aromatic hydroxyl groups is 1. The molecule has 120 valence electrons. The van der Waals surface area contributed by atoms with Gasteiger partial charge >= 0.3 is 0 Å². The molecule has 0 aliphatic rings. The molecule has 0 bridgehead atoms. The van der Waals surface area contributed by atoms with Gasteiger partial charge in [-0.25, -0.2) is 5.43 Å². The van der Waals surface area contributed by atoms with E-state index in [-0.39, 0.29) is 17.4 Å². The quantitative estimate of drug-likeness (QED) is 0.570. The molecule has 0 aliphatic carbocycles. The van der Waals surface area contributed by atoms with E-state index in [1.54, 1.807) is 30.3 Å². The maximum Gasteiger partial charge on any atom is 0.277 e. The number of rotatable bonds is 5. The average molecular weight is 418 g/mol. The lowest BCUT2D eigenvalue weighted by Crippen LogP contribution is -2.24. The van der Waals surface area contributed by atoms with E-state index in [0.717, 1.165) is 4.47 Å². The zero-order chi connectivity index (χ0) is 16.8. The molecule has 8 heteroatoms. The molecule has 0 saturated heterocycles. The standard InChI is InChI=1S/C15H11BrCl2N2O3/c16-10-4-5-12(21)9(6-10)7-19-20-14(22)8-23-13-3-1-2-11(17)15(13)18/h1-7,21H,8H2,(H,20,22)/b19-7-. The van der Waals surface area contributed by atoms with Crippen molar-refractivity contribution >= 4 is 51.3 Å². The van der Waals surface area contributed by atoms with Crippen LogP contribution in [0.25, 0.3) is 0 Å². The molecular formula is C15H11BrCl2N2O3. The Morgan fingerprint density at radius 2 is 2.13 bits per heavy atom. The number of amides is 1. The minimum Gasteiger partial charge on any atom is -0.507 e. The Morgan fingerprint density at radius 3 is 2.91 bits per heavy atom. The van der Waals surface area contributed by atoms with Crippen molar-refractivity contribution in [2.75, 3.05) is 6.61 Å². The highest BCUT2D eigenvalue weighted by Gasteiger charge is 2.07. The summed E-state index contributed by atoms with van der Waals surface area (Å²) < 4.78 is 6.05. The molecule has 1 amide bonds. The Hall–Kier alpha value is -1.76. The molecule has 0 saturated carbocycles. The highest BCUT2D eigenvalue weighted by atomic mass is 79.9. The summed E-state index contributed by atoms with van der Waals surface area (Å²) in [6, 6.07) is 9.74. The summed E-state index contributed by atoms with van der Waals surface area (Å²) in [6.45, 7) is -0.276. The van der Waals surface area contributed by atoms with E-state index in [4.69, 9.17) is 27.9 Å². The van der Waals surface area contributed by atoms with Crippen molar-refractivity contribution < 1.29 is 14.6 Å². The first kappa shape index (κ1) is 17.6. The van der Waals surface area contributed by atoms with Crippen molar-refractivity contribution in [3.05, 3.63) is 56.5 Å². The van der Waals surface area contributed by atoms with Gasteiger partial charge in [-0.1, -0.05) is 45.2 Å². The molecule has 0 radical (unpaired) electrons. The van der Waals surface area contributed by atoms with Crippen LogP contribution in [0.3, 0.4) is 0 Å². The Labute approximate surface area is 151 Å². The largest absolute Gasteiger partial charge is 0.507 e. The second-order valence-corrected chi connectivity index (χ2v) is 6.04. The highest BCUT2D eigenvalue weighted by Crippen LogP contribution is 2.31. The third kappa shape index (κ3) is 5.13. The maximum atomic E-state index is 11.7. The summed E-state index contributed by atoms with van der Waals surface area (Å²) in [7, 11) is 0. The third-order valence-corrected chi connectivity index (χ3v) is 3.95. The number of nitrogens with one attached hydrogen (secondary N) is 1. The number of carbonyl (C=O) groups excluding carboxylic acids is 1. The Balaban J connectivity index is 1.89. The number of hydrogen-bond donors (Lipinski definition) is 2. The molecule has 0 aromatic heterocycles. The number of carbonyl (C=O) groups is 1. The smallest absolute Gasteiger partial charge is 0.277 e. The number of hydrazone groups is 1. The second kappa shape index (κ2) is 8.19. The van der Waals surface area contributed by atoms with Gasteiger partial charge in [0.1, 0.15) is 16.5 Å². The average Bonchev–Trinajstić information content (AvgIpc) is 2.52. The summed E-state index contributed by atoms with van der Waals surface area (Å²) >= 11 is 15.1. The van der Waals surface area contributed by atoms with E-state index in [1.165, 1.54) is 12.3 Å². The van der Waals surface area contributed by atoms with E-state index in [9.17, 15) is 9.90 Å². The van der Waals surface area contributed by atoms with Crippen LogP contribution in [0, 0.1) is 0 Å². The number of phenolic OH excluding ortho intramolecular Hbond substituents is 1. The van der Waals surface area contributed by atoms with Crippen molar-refractivity contribution in [1.82, 2.24) is 5.43 Å². The van der Waals surface area contributed by atoms with Crippen LogP contribution in [0.1, 0.15) is 5.56 Å². The summed E-state index contributed by atoms with van der Waals surface area (Å²) in [4.78, 5) is 11.7. The van der Waals surface area contributed by atoms with Crippen LogP contribution < -0.4 is 10.2 Å². The van der Waals surface area contributed by atoms with Gasteiger partial charge in [0.05, 0.1) is 11.2 Å². The molecule has 0 unspecified atom stereocenters. The fourth-order valence-corrected chi connectivity index (χ4v) is 2.30. The van der Waals surface area contributed by atoms with Gasteiger partial charge in [-0.3, -0.25) is 4.79 Å². The van der Waals surface area contributed by atoms with Gasteiger partial charge in [-0.15, -0.1) is 0 Å². The van der Waals surface area contributed by atoms with E-state index in [1.807, 2.05) is 0 Å². The van der Waals surface area contributed by atoms with Gasteiger partial charge in [0.15, 0.2) is 6.61 Å². The number of ether oxygens (including phenoxy) is 1. The van der Waals surface area contributed by atoms with Crippen LogP contribution in [0.2, 0.25) is 10.0 Å². The summed E-state index contributed by atoms with van der Waals surface area (Å²) in [5.74, 6) is -0.122. The predicted octanol–water partition coefficient (Wildman–Crippen LogP) is 3.99. The first-order chi connectivity index (χ1) is 11.0. The fraction of sp³-hybridized carbons (Fsp3) is 0.0667. The lowest BCUT2D eigenvalue weighted by Gasteiger charge is -2.07. The van der Waals surface area contributed by atoms with Crippen molar-refractivity contribution in [2.45, 2.75) is 0 Å². The first-order valence-electron chi connectivity index (χ1n) is 6.34. The van der Waals surface area contributed by atoms with Crippen molar-refractivity contribution in [3.8, 4) is 11.5 Å². The molecule has 0 heterocycles. The number of hydrogen-bond acceptors (Lipinski definition) is 4. The van der Waals surface area contributed by atoms with Crippen LogP contribution in [-0.2, 0) is 4.79 Å². The molecule has 2 rings (SSSR count). The van der Waals surface area contributed by atoms with Crippen molar-refractivity contribution in [2.24, 2.45) is 5.10 Å². The number of nitrogens with zero attached hydrogens (tertiary/aromatic N) is 1. The second-order valence-electron chi connectivity index (χ2n) is 4.34. The normalized spacial score (nSPS) is 10.7. The zero-order valence-corrected chi connectivity index (χ0v) is 14.7. The Bertz CT molecular complexity index is 753.